The molecule has 13 heteroatoms. The number of rotatable bonds is 7. The zero-order valence-electron chi connectivity index (χ0n) is 21.8. The molecule has 1 aliphatic heterocycles. The van der Waals surface area contributed by atoms with Gasteiger partial charge in [0.1, 0.15) is 6.04 Å². The number of amides is 1. The monoisotopic (exact) mass is 612 g/mol. The zero-order chi connectivity index (χ0) is 29.2. The van der Waals surface area contributed by atoms with Gasteiger partial charge in [-0.15, -0.1) is 11.3 Å². The van der Waals surface area contributed by atoms with E-state index < -0.39 is 11.0 Å². The Balaban J connectivity index is 1.42. The number of benzene rings is 2. The molecular weight excluding hydrogens is 593 g/mol. The van der Waals surface area contributed by atoms with Crippen molar-refractivity contribution in [3.05, 3.63) is 136 Å². The van der Waals surface area contributed by atoms with Gasteiger partial charge >= 0.3 is 0 Å². The standard InChI is InChI=1S/C29H20N6O4S3/c1-17-24(26(36)33-19-7-3-2-4-8-19)25(22-9-5-14-40-22)34-27(37)23(42-29(34)32-17)16-18-10-11-21(20(15-18)35(38)39)41-28-30-12-6-13-31-28/h2-16,25H,1H3,(H,33,36)/b23-16+/t25-/m1/s1. The topological polar surface area (TPSA) is 132 Å². The smallest absolute Gasteiger partial charge is 0.283 e. The molecule has 1 aliphatic rings. The van der Waals surface area contributed by atoms with Crippen molar-refractivity contribution in [2.24, 2.45) is 4.99 Å². The van der Waals surface area contributed by atoms with Gasteiger partial charge in [0.05, 0.1) is 25.6 Å². The van der Waals surface area contributed by atoms with Crippen LogP contribution in [0.25, 0.3) is 6.08 Å². The van der Waals surface area contributed by atoms with Crippen molar-refractivity contribution in [1.29, 1.82) is 0 Å². The summed E-state index contributed by atoms with van der Waals surface area (Å²) in [5, 5.41) is 17.1. The van der Waals surface area contributed by atoms with Crippen LogP contribution in [0.1, 0.15) is 23.4 Å². The summed E-state index contributed by atoms with van der Waals surface area (Å²) in [5.41, 5.74) is 1.53. The summed E-state index contributed by atoms with van der Waals surface area (Å²) in [5.74, 6) is -0.346. The highest BCUT2D eigenvalue weighted by atomic mass is 32.2. The van der Waals surface area contributed by atoms with Crippen LogP contribution in [-0.4, -0.2) is 25.4 Å². The number of carbonyl (C=O) groups is 1. The highest BCUT2D eigenvalue weighted by Crippen LogP contribution is 2.35. The van der Waals surface area contributed by atoms with Crippen LogP contribution < -0.4 is 20.2 Å². The second-order valence-corrected chi connectivity index (χ2v) is 12.0. The molecule has 5 aromatic rings. The van der Waals surface area contributed by atoms with E-state index in [0.717, 1.165) is 16.6 Å². The van der Waals surface area contributed by atoms with Gasteiger partial charge in [0.15, 0.2) is 9.96 Å². The Hall–Kier alpha value is -4.72. The first-order chi connectivity index (χ1) is 20.4. The van der Waals surface area contributed by atoms with E-state index >= 15 is 0 Å². The largest absolute Gasteiger partial charge is 0.322 e. The molecule has 0 radical (unpaired) electrons. The van der Waals surface area contributed by atoms with Gasteiger partial charge in [-0.2, -0.15) is 0 Å². The maximum absolute atomic E-state index is 13.9. The third-order valence-corrected chi connectivity index (χ3v) is 9.20. The van der Waals surface area contributed by atoms with Gasteiger partial charge in [-0.25, -0.2) is 15.0 Å². The lowest BCUT2D eigenvalue weighted by Crippen LogP contribution is -2.40. The number of nitro groups is 1. The van der Waals surface area contributed by atoms with Gasteiger partial charge in [-0.1, -0.05) is 41.7 Å². The summed E-state index contributed by atoms with van der Waals surface area (Å²) in [6.45, 7) is 1.76. The molecule has 0 saturated heterocycles. The lowest BCUT2D eigenvalue weighted by molar-refractivity contribution is -0.387. The molecule has 42 heavy (non-hydrogen) atoms. The number of allylic oxidation sites excluding steroid dienone is 1. The maximum Gasteiger partial charge on any atom is 0.283 e. The summed E-state index contributed by atoms with van der Waals surface area (Å²) in [4.78, 5) is 53.4. The Morgan fingerprint density at radius 1 is 1.10 bits per heavy atom. The van der Waals surface area contributed by atoms with E-state index in [2.05, 4.69) is 20.3 Å². The minimum atomic E-state index is -0.675. The number of thiazole rings is 1. The maximum atomic E-state index is 13.9. The lowest BCUT2D eigenvalue weighted by Gasteiger charge is -2.24. The van der Waals surface area contributed by atoms with E-state index in [1.54, 1.807) is 55.7 Å². The quantitative estimate of drug-likeness (QED) is 0.159. The summed E-state index contributed by atoms with van der Waals surface area (Å²) >= 11 is 3.70. The number of nitrogens with zero attached hydrogens (tertiary/aromatic N) is 5. The second kappa shape index (κ2) is 11.6. The molecule has 0 fully saturated rings. The number of fused-ring (bicyclic) bond motifs is 1. The van der Waals surface area contributed by atoms with E-state index in [1.165, 1.54) is 33.3 Å². The minimum Gasteiger partial charge on any atom is -0.322 e. The average molecular weight is 613 g/mol. The molecule has 3 aromatic heterocycles. The molecule has 1 atom stereocenters. The predicted molar refractivity (Wildman–Crippen MR) is 162 cm³/mol. The molecule has 4 heterocycles. The molecule has 6 rings (SSSR count). The number of hydrogen-bond acceptors (Lipinski definition) is 10. The lowest BCUT2D eigenvalue weighted by atomic mass is 10.0. The van der Waals surface area contributed by atoms with Crippen LogP contribution in [0.5, 0.6) is 0 Å². The highest BCUT2D eigenvalue weighted by Gasteiger charge is 2.33. The van der Waals surface area contributed by atoms with Crippen LogP contribution in [0, 0.1) is 10.1 Å². The molecular formula is C29H20N6O4S3. The van der Waals surface area contributed by atoms with E-state index in [1.807, 2.05) is 35.7 Å². The molecule has 208 valence electrons. The number of nitro benzene ring substituents is 1. The van der Waals surface area contributed by atoms with Crippen molar-refractivity contribution in [3.63, 3.8) is 0 Å². The van der Waals surface area contributed by atoms with E-state index in [-0.39, 0.29) is 17.2 Å². The fraction of sp³-hybridized carbons (Fsp3) is 0.0690. The normalized spacial score (nSPS) is 14.8. The minimum absolute atomic E-state index is 0.124. The Morgan fingerprint density at radius 3 is 2.60 bits per heavy atom. The molecule has 10 nitrogen and oxygen atoms in total. The molecule has 1 amide bonds. The SMILES string of the molecule is CC1=C(C(=O)Nc2ccccc2)[C@@H](c2cccs2)n2c(s/c(=C/c3ccc(Sc4ncccn4)c([N+](=O)[O-])c3)c2=O)=N1. The van der Waals surface area contributed by atoms with E-state index in [0.29, 0.717) is 41.9 Å². The van der Waals surface area contributed by atoms with Crippen LogP contribution in [0.15, 0.2) is 116 Å². The Morgan fingerprint density at radius 2 is 1.88 bits per heavy atom. The van der Waals surface area contributed by atoms with Gasteiger partial charge in [-0.3, -0.25) is 24.3 Å². The van der Waals surface area contributed by atoms with Crippen molar-refractivity contribution in [2.45, 2.75) is 23.0 Å². The van der Waals surface area contributed by atoms with Gasteiger partial charge in [0.2, 0.25) is 0 Å². The van der Waals surface area contributed by atoms with Crippen molar-refractivity contribution in [1.82, 2.24) is 14.5 Å². The Labute approximate surface area is 250 Å². The van der Waals surface area contributed by atoms with Crippen molar-refractivity contribution in [2.75, 3.05) is 5.32 Å². The van der Waals surface area contributed by atoms with E-state index in [4.69, 9.17) is 0 Å². The zero-order valence-corrected chi connectivity index (χ0v) is 24.3. The molecule has 0 unspecified atom stereocenters. The fourth-order valence-electron chi connectivity index (χ4n) is 4.49. The summed E-state index contributed by atoms with van der Waals surface area (Å²) in [6.07, 6.45) is 4.74. The highest BCUT2D eigenvalue weighted by molar-refractivity contribution is 7.99. The van der Waals surface area contributed by atoms with Crippen LogP contribution in [-0.2, 0) is 4.79 Å². The third kappa shape index (κ3) is 5.44. The molecule has 0 bridgehead atoms. The van der Waals surface area contributed by atoms with Gasteiger partial charge in [0, 0.05) is 29.0 Å². The predicted octanol–water partition coefficient (Wildman–Crippen LogP) is 4.78. The summed E-state index contributed by atoms with van der Waals surface area (Å²) in [6, 6.07) is 18.6. The number of anilines is 1. The average Bonchev–Trinajstić information content (AvgIpc) is 3.62. The van der Waals surface area contributed by atoms with Gasteiger partial charge < -0.3 is 5.32 Å². The number of nitrogens with one attached hydrogen (secondary N) is 1. The van der Waals surface area contributed by atoms with Crippen LogP contribution >= 0.6 is 34.4 Å². The Kier molecular flexibility index (Phi) is 7.61. The number of para-hydroxylation sites is 1. The Bertz CT molecular complexity index is 2020. The van der Waals surface area contributed by atoms with Gasteiger partial charge in [0.25, 0.3) is 17.2 Å². The molecule has 1 N–H and O–H groups in total. The third-order valence-electron chi connectivity index (χ3n) is 6.33. The number of thiophene rings is 1. The first kappa shape index (κ1) is 27.4. The van der Waals surface area contributed by atoms with Crippen LogP contribution in [0.4, 0.5) is 11.4 Å². The van der Waals surface area contributed by atoms with E-state index in [9.17, 15) is 19.7 Å². The van der Waals surface area contributed by atoms with Crippen molar-refractivity contribution >= 4 is 57.8 Å². The van der Waals surface area contributed by atoms with Gasteiger partial charge in [-0.05, 0) is 66.0 Å². The molecule has 0 saturated carbocycles. The summed E-state index contributed by atoms with van der Waals surface area (Å²) < 4.78 is 1.87. The van der Waals surface area contributed by atoms with Crippen LogP contribution in [0.3, 0.4) is 0 Å². The number of carbonyl (C=O) groups excluding carboxylic acids is 1. The number of aromatic nitrogens is 3. The first-order valence-electron chi connectivity index (χ1n) is 12.5. The molecule has 0 aliphatic carbocycles. The van der Waals surface area contributed by atoms with Crippen molar-refractivity contribution in [3.8, 4) is 0 Å². The number of hydrogen-bond donors (Lipinski definition) is 1. The second-order valence-electron chi connectivity index (χ2n) is 9.04. The van der Waals surface area contributed by atoms with Crippen LogP contribution in [0.2, 0.25) is 0 Å². The first-order valence-corrected chi connectivity index (χ1v) is 15.1. The summed E-state index contributed by atoms with van der Waals surface area (Å²) in [7, 11) is 0. The molecule has 0 spiro atoms. The van der Waals surface area contributed by atoms with Crippen molar-refractivity contribution < 1.29 is 9.72 Å². The molecule has 2 aromatic carbocycles. The fourth-order valence-corrected chi connectivity index (χ4v) is 7.16.